The first kappa shape index (κ1) is 20.4. The largest absolute Gasteiger partial charge is 0.468 e. The Kier molecular flexibility index (Phi) is 5.99. The van der Waals surface area contributed by atoms with Crippen LogP contribution in [0.15, 0.2) is 23.1 Å². The van der Waals surface area contributed by atoms with E-state index in [-0.39, 0.29) is 12.5 Å². The van der Waals surface area contributed by atoms with E-state index in [4.69, 9.17) is 0 Å². The predicted molar refractivity (Wildman–Crippen MR) is 77.1 cm³/mol. The van der Waals surface area contributed by atoms with Gasteiger partial charge in [-0.25, -0.2) is 12.8 Å². The second-order valence-electron chi connectivity index (χ2n) is 5.32. The molecule has 0 radical (unpaired) electrons. The zero-order valence-corrected chi connectivity index (χ0v) is 14.0. The van der Waals surface area contributed by atoms with E-state index in [1.54, 1.807) is 6.92 Å². The Balaban J connectivity index is 3.32. The number of alkyl halides is 3. The third-order valence-electron chi connectivity index (χ3n) is 3.30. The summed E-state index contributed by atoms with van der Waals surface area (Å²) in [5.41, 5.74) is -3.37. The van der Waals surface area contributed by atoms with Crippen LogP contribution in [-0.2, 0) is 25.7 Å². The summed E-state index contributed by atoms with van der Waals surface area (Å²) < 4.78 is 82.7. The number of rotatable bonds is 6. The summed E-state index contributed by atoms with van der Waals surface area (Å²) in [4.78, 5) is 11.0. The molecule has 10 heteroatoms. The summed E-state index contributed by atoms with van der Waals surface area (Å²) in [6.45, 7) is 2.95. The Morgan fingerprint density at radius 2 is 1.88 bits per heavy atom. The van der Waals surface area contributed by atoms with Crippen molar-refractivity contribution in [2.75, 3.05) is 7.11 Å². The number of hydrogen-bond acceptors (Lipinski definition) is 4. The molecule has 24 heavy (non-hydrogen) atoms. The van der Waals surface area contributed by atoms with Gasteiger partial charge in [0.05, 0.1) is 17.6 Å². The fourth-order valence-electron chi connectivity index (χ4n) is 2.16. The standard InChI is InChI=1S/C14H17F4NO4S/c1-4-7-13(2,12(20)23-3)19-24(21,22)9-5-6-11(15)10(8-9)14(16,17)18/h5-6,8,19H,4,7H2,1-3H3. The number of esters is 1. The maximum atomic E-state index is 13.3. The summed E-state index contributed by atoms with van der Waals surface area (Å²) in [6, 6.07) is 1.28. The molecule has 1 N–H and O–H groups in total. The number of halogens is 4. The molecule has 1 rings (SSSR count). The number of sulfonamides is 1. The van der Waals surface area contributed by atoms with Gasteiger partial charge >= 0.3 is 12.1 Å². The molecule has 0 aliphatic rings. The molecule has 1 aromatic carbocycles. The van der Waals surface area contributed by atoms with Crippen LogP contribution in [0.2, 0.25) is 0 Å². The second kappa shape index (κ2) is 7.06. The van der Waals surface area contributed by atoms with E-state index < -0.39 is 44.0 Å². The first-order valence-corrected chi connectivity index (χ1v) is 8.35. The molecule has 5 nitrogen and oxygen atoms in total. The van der Waals surface area contributed by atoms with Gasteiger partial charge in [-0.15, -0.1) is 0 Å². The molecule has 0 saturated heterocycles. The third kappa shape index (κ3) is 4.44. The van der Waals surface area contributed by atoms with Crippen LogP contribution in [0, 0.1) is 5.82 Å². The predicted octanol–water partition coefficient (Wildman–Crippen LogP) is 2.85. The van der Waals surface area contributed by atoms with Gasteiger partial charge in [0.15, 0.2) is 0 Å². The van der Waals surface area contributed by atoms with Crippen LogP contribution in [0.1, 0.15) is 32.3 Å². The Hall–Kier alpha value is -1.68. The highest BCUT2D eigenvalue weighted by Crippen LogP contribution is 2.33. The number of ether oxygens (including phenoxy) is 1. The zero-order chi connectivity index (χ0) is 18.8. The molecule has 0 amide bonds. The quantitative estimate of drug-likeness (QED) is 0.617. The highest BCUT2D eigenvalue weighted by molar-refractivity contribution is 7.89. The van der Waals surface area contributed by atoms with Crippen molar-refractivity contribution in [3.63, 3.8) is 0 Å². The minimum atomic E-state index is -5.05. The van der Waals surface area contributed by atoms with E-state index in [0.717, 1.165) is 7.11 Å². The Morgan fingerprint density at radius 1 is 1.29 bits per heavy atom. The normalized spacial score (nSPS) is 15.0. The van der Waals surface area contributed by atoms with Gasteiger partial charge < -0.3 is 4.74 Å². The molecule has 0 saturated carbocycles. The van der Waals surface area contributed by atoms with Crippen molar-refractivity contribution < 1.29 is 35.5 Å². The molecule has 0 bridgehead atoms. The lowest BCUT2D eigenvalue weighted by Crippen LogP contribution is -2.52. The topological polar surface area (TPSA) is 72.5 Å². The van der Waals surface area contributed by atoms with E-state index in [1.807, 2.05) is 4.72 Å². The molecular formula is C14H17F4NO4S. The molecule has 0 aliphatic carbocycles. The number of benzene rings is 1. The van der Waals surface area contributed by atoms with Gasteiger partial charge in [-0.1, -0.05) is 13.3 Å². The molecule has 0 fully saturated rings. The summed E-state index contributed by atoms with van der Waals surface area (Å²) >= 11 is 0. The Bertz CT molecular complexity index is 718. The van der Waals surface area contributed by atoms with Gasteiger partial charge in [-0.05, 0) is 31.5 Å². The SMILES string of the molecule is CCCC(C)(NS(=O)(=O)c1ccc(F)c(C(F)(F)F)c1)C(=O)OC. The monoisotopic (exact) mass is 371 g/mol. The van der Waals surface area contributed by atoms with E-state index >= 15 is 0 Å². The second-order valence-corrected chi connectivity index (χ2v) is 7.00. The Morgan fingerprint density at radius 3 is 2.33 bits per heavy atom. The summed E-state index contributed by atoms with van der Waals surface area (Å²) in [5.74, 6) is -2.48. The van der Waals surface area contributed by atoms with Crippen LogP contribution in [0.5, 0.6) is 0 Å². The number of methoxy groups -OCH3 is 1. The molecule has 0 aliphatic heterocycles. The Labute approximate surface area is 137 Å². The van der Waals surface area contributed by atoms with Gasteiger partial charge in [-0.2, -0.15) is 17.9 Å². The minimum Gasteiger partial charge on any atom is -0.468 e. The number of carbonyl (C=O) groups excluding carboxylic acids is 1. The lowest BCUT2D eigenvalue weighted by atomic mass is 9.98. The third-order valence-corrected chi connectivity index (χ3v) is 4.89. The van der Waals surface area contributed by atoms with Crippen LogP contribution in [0.4, 0.5) is 17.6 Å². The first-order valence-electron chi connectivity index (χ1n) is 6.86. The van der Waals surface area contributed by atoms with E-state index in [9.17, 15) is 30.8 Å². The average Bonchev–Trinajstić information content (AvgIpc) is 2.44. The van der Waals surface area contributed by atoms with Crippen molar-refractivity contribution in [2.45, 2.75) is 43.3 Å². The van der Waals surface area contributed by atoms with Crippen molar-refractivity contribution >= 4 is 16.0 Å². The van der Waals surface area contributed by atoms with Crippen LogP contribution >= 0.6 is 0 Å². The highest BCUT2D eigenvalue weighted by atomic mass is 32.2. The van der Waals surface area contributed by atoms with Crippen molar-refractivity contribution in [1.29, 1.82) is 0 Å². The average molecular weight is 371 g/mol. The smallest absolute Gasteiger partial charge is 0.419 e. The van der Waals surface area contributed by atoms with E-state index in [2.05, 4.69) is 4.74 Å². The number of hydrogen-bond donors (Lipinski definition) is 1. The molecular weight excluding hydrogens is 354 g/mol. The van der Waals surface area contributed by atoms with E-state index in [0.29, 0.717) is 18.6 Å². The van der Waals surface area contributed by atoms with Crippen LogP contribution in [0.3, 0.4) is 0 Å². The molecule has 0 heterocycles. The molecule has 0 aromatic heterocycles. The van der Waals surface area contributed by atoms with Crippen LogP contribution in [-0.4, -0.2) is 27.0 Å². The number of carbonyl (C=O) groups is 1. The lowest BCUT2D eigenvalue weighted by molar-refractivity contribution is -0.147. The van der Waals surface area contributed by atoms with Gasteiger partial charge in [-0.3, -0.25) is 4.79 Å². The molecule has 1 unspecified atom stereocenters. The first-order chi connectivity index (χ1) is 10.9. The molecule has 1 aromatic rings. The van der Waals surface area contributed by atoms with Crippen molar-refractivity contribution in [2.24, 2.45) is 0 Å². The molecule has 1 atom stereocenters. The van der Waals surface area contributed by atoms with Gasteiger partial charge in [0.25, 0.3) is 0 Å². The highest BCUT2D eigenvalue weighted by Gasteiger charge is 2.40. The minimum absolute atomic E-state index is 0.0617. The van der Waals surface area contributed by atoms with Crippen molar-refractivity contribution in [1.82, 2.24) is 4.72 Å². The summed E-state index contributed by atoms with van der Waals surface area (Å²) in [5, 5.41) is 0. The van der Waals surface area contributed by atoms with Gasteiger partial charge in [0.2, 0.25) is 10.0 Å². The van der Waals surface area contributed by atoms with E-state index in [1.165, 1.54) is 6.92 Å². The zero-order valence-electron chi connectivity index (χ0n) is 13.2. The van der Waals surface area contributed by atoms with Crippen molar-refractivity contribution in [3.8, 4) is 0 Å². The molecule has 136 valence electrons. The lowest BCUT2D eigenvalue weighted by Gasteiger charge is -2.27. The number of nitrogens with one attached hydrogen (secondary N) is 1. The van der Waals surface area contributed by atoms with Crippen molar-refractivity contribution in [3.05, 3.63) is 29.6 Å². The van der Waals surface area contributed by atoms with Gasteiger partial charge in [0.1, 0.15) is 11.4 Å². The molecule has 0 spiro atoms. The fourth-order valence-corrected chi connectivity index (χ4v) is 3.58. The van der Waals surface area contributed by atoms with Crippen LogP contribution in [0.25, 0.3) is 0 Å². The van der Waals surface area contributed by atoms with Gasteiger partial charge in [0, 0.05) is 0 Å². The summed E-state index contributed by atoms with van der Waals surface area (Å²) in [6.07, 6.45) is -4.58. The fraction of sp³-hybridized carbons (Fsp3) is 0.500. The maximum Gasteiger partial charge on any atom is 0.419 e. The summed E-state index contributed by atoms with van der Waals surface area (Å²) in [7, 11) is -3.45. The maximum absolute atomic E-state index is 13.3. The van der Waals surface area contributed by atoms with Crippen LogP contribution < -0.4 is 4.72 Å².